The molecule has 18 heavy (non-hydrogen) atoms. The van der Waals surface area contributed by atoms with Crippen LogP contribution in [0.4, 0.5) is 0 Å². The summed E-state index contributed by atoms with van der Waals surface area (Å²) in [5, 5.41) is 3.05. The molecule has 2 aliphatic rings. The largest absolute Gasteiger partial charge is 0.353 e. The zero-order valence-corrected chi connectivity index (χ0v) is 11.8. The van der Waals surface area contributed by atoms with Crippen molar-refractivity contribution < 1.29 is 14.3 Å². The second kappa shape index (κ2) is 5.17. The molecule has 1 aliphatic carbocycles. The van der Waals surface area contributed by atoms with Crippen LogP contribution in [0.2, 0.25) is 0 Å². The van der Waals surface area contributed by atoms with Gasteiger partial charge in [0.15, 0.2) is 5.79 Å². The molecule has 0 bridgehead atoms. The van der Waals surface area contributed by atoms with E-state index < -0.39 is 5.79 Å². The number of hydrogen-bond donors (Lipinski definition) is 1. The van der Waals surface area contributed by atoms with Gasteiger partial charge in [0.2, 0.25) is 5.91 Å². The first kappa shape index (κ1) is 13.8. The molecule has 2 fully saturated rings. The zero-order valence-electron chi connectivity index (χ0n) is 11.8. The molecule has 1 N–H and O–H groups in total. The van der Waals surface area contributed by atoms with Crippen LogP contribution in [0.5, 0.6) is 0 Å². The molecule has 1 unspecified atom stereocenters. The van der Waals surface area contributed by atoms with E-state index in [9.17, 15) is 4.79 Å². The highest BCUT2D eigenvalue weighted by atomic mass is 16.7. The molecule has 0 aromatic carbocycles. The Morgan fingerprint density at radius 2 is 2.00 bits per heavy atom. The van der Waals surface area contributed by atoms with Gasteiger partial charge in [0, 0.05) is 12.0 Å². The van der Waals surface area contributed by atoms with Crippen LogP contribution in [-0.2, 0) is 14.3 Å². The van der Waals surface area contributed by atoms with Gasteiger partial charge < -0.3 is 14.8 Å². The molecule has 1 amide bonds. The van der Waals surface area contributed by atoms with Gasteiger partial charge in [-0.15, -0.1) is 0 Å². The van der Waals surface area contributed by atoms with Gasteiger partial charge >= 0.3 is 0 Å². The molecule has 4 heteroatoms. The minimum atomic E-state index is -0.509. The Balaban J connectivity index is 1.81. The molecule has 1 saturated carbocycles. The van der Waals surface area contributed by atoms with E-state index in [1.165, 1.54) is 12.8 Å². The normalized spacial score (nSPS) is 29.4. The van der Waals surface area contributed by atoms with Crippen molar-refractivity contribution in [2.75, 3.05) is 13.2 Å². The van der Waals surface area contributed by atoms with Crippen LogP contribution in [0.1, 0.15) is 52.9 Å². The summed E-state index contributed by atoms with van der Waals surface area (Å²) in [6.45, 7) is 7.04. The number of ether oxygens (including phenoxy) is 2. The molecule has 104 valence electrons. The minimum Gasteiger partial charge on any atom is -0.353 e. The quantitative estimate of drug-likeness (QED) is 0.838. The molecule has 0 spiro atoms. The molecule has 1 aliphatic heterocycles. The average molecular weight is 255 g/mol. The lowest BCUT2D eigenvalue weighted by Crippen LogP contribution is -2.43. The zero-order chi connectivity index (χ0) is 13.2. The van der Waals surface area contributed by atoms with E-state index in [0.29, 0.717) is 13.2 Å². The first-order valence-electron chi connectivity index (χ1n) is 7.07. The van der Waals surface area contributed by atoms with E-state index in [0.717, 1.165) is 19.3 Å². The second-order valence-corrected chi connectivity index (χ2v) is 6.00. The maximum atomic E-state index is 12.3. The van der Waals surface area contributed by atoms with E-state index in [1.54, 1.807) is 0 Å². The van der Waals surface area contributed by atoms with Crippen LogP contribution in [0, 0.1) is 5.41 Å². The fourth-order valence-corrected chi connectivity index (χ4v) is 3.05. The molecular weight excluding hydrogens is 230 g/mol. The predicted molar refractivity (Wildman–Crippen MR) is 69.1 cm³/mol. The van der Waals surface area contributed by atoms with Gasteiger partial charge in [-0.25, -0.2) is 0 Å². The summed E-state index contributed by atoms with van der Waals surface area (Å²) in [5.41, 5.74) is -0.116. The van der Waals surface area contributed by atoms with Crippen molar-refractivity contribution in [2.45, 2.75) is 64.8 Å². The average Bonchev–Trinajstić information content (AvgIpc) is 2.93. The van der Waals surface area contributed by atoms with Gasteiger partial charge in [-0.2, -0.15) is 0 Å². The van der Waals surface area contributed by atoms with Crippen molar-refractivity contribution in [3.8, 4) is 0 Å². The number of hydrogen-bond acceptors (Lipinski definition) is 3. The summed E-state index contributed by atoms with van der Waals surface area (Å²) < 4.78 is 11.2. The fourth-order valence-electron chi connectivity index (χ4n) is 3.05. The maximum Gasteiger partial charge on any atom is 0.226 e. The van der Waals surface area contributed by atoms with Crippen LogP contribution in [0.3, 0.4) is 0 Å². The first-order valence-corrected chi connectivity index (χ1v) is 7.07. The number of nitrogens with one attached hydrogen (secondary N) is 1. The lowest BCUT2D eigenvalue weighted by molar-refractivity contribution is -0.141. The van der Waals surface area contributed by atoms with Gasteiger partial charge in [0.1, 0.15) is 6.10 Å². The molecule has 2 rings (SSSR count). The topological polar surface area (TPSA) is 47.6 Å². The third-order valence-electron chi connectivity index (χ3n) is 4.28. The lowest BCUT2D eigenvalue weighted by Gasteiger charge is -2.26. The van der Waals surface area contributed by atoms with Crippen molar-refractivity contribution in [1.29, 1.82) is 0 Å². The van der Waals surface area contributed by atoms with Gasteiger partial charge in [-0.1, -0.05) is 19.8 Å². The minimum absolute atomic E-state index is 0.0146. The van der Waals surface area contributed by atoms with Gasteiger partial charge in [-0.05, 0) is 33.1 Å². The molecule has 0 aromatic rings. The Morgan fingerprint density at radius 3 is 2.50 bits per heavy atom. The van der Waals surface area contributed by atoms with E-state index in [1.807, 2.05) is 13.8 Å². The van der Waals surface area contributed by atoms with Crippen molar-refractivity contribution in [2.24, 2.45) is 5.41 Å². The third-order valence-corrected chi connectivity index (χ3v) is 4.28. The molecular formula is C14H25NO3. The van der Waals surface area contributed by atoms with Crippen molar-refractivity contribution >= 4 is 5.91 Å². The molecule has 1 atom stereocenters. The molecule has 1 heterocycles. The Kier molecular flexibility index (Phi) is 3.97. The summed E-state index contributed by atoms with van der Waals surface area (Å²) in [4.78, 5) is 12.3. The molecule has 0 radical (unpaired) electrons. The second-order valence-electron chi connectivity index (χ2n) is 6.00. The van der Waals surface area contributed by atoms with Crippen LogP contribution in [0.15, 0.2) is 0 Å². The van der Waals surface area contributed by atoms with Crippen molar-refractivity contribution in [1.82, 2.24) is 5.32 Å². The van der Waals surface area contributed by atoms with Crippen molar-refractivity contribution in [3.05, 3.63) is 0 Å². The van der Waals surface area contributed by atoms with E-state index in [2.05, 4.69) is 12.2 Å². The first-order chi connectivity index (χ1) is 8.47. The highest BCUT2D eigenvalue weighted by Crippen LogP contribution is 2.41. The third kappa shape index (κ3) is 2.86. The highest BCUT2D eigenvalue weighted by Gasteiger charge is 2.40. The molecule has 0 aromatic heterocycles. The monoisotopic (exact) mass is 255 g/mol. The smallest absolute Gasteiger partial charge is 0.226 e. The van der Waals surface area contributed by atoms with E-state index in [-0.39, 0.29) is 17.4 Å². The fraction of sp³-hybridized carbons (Fsp3) is 0.929. The number of rotatable bonds is 4. The lowest BCUT2D eigenvalue weighted by atomic mass is 9.82. The SMILES string of the molecule is CCC1(C(=O)NCC2COC(C)(C)O2)CCCC1. The molecule has 1 saturated heterocycles. The van der Waals surface area contributed by atoms with E-state index in [4.69, 9.17) is 9.47 Å². The van der Waals surface area contributed by atoms with Crippen LogP contribution >= 0.6 is 0 Å². The summed E-state index contributed by atoms with van der Waals surface area (Å²) in [5.74, 6) is -0.304. The predicted octanol–water partition coefficient (Wildman–Crippen LogP) is 2.22. The standard InChI is InChI=1S/C14H25NO3/c1-4-14(7-5-6-8-14)12(16)15-9-11-10-17-13(2,3)18-11/h11H,4-10H2,1-3H3,(H,15,16). The van der Waals surface area contributed by atoms with Crippen LogP contribution in [-0.4, -0.2) is 30.9 Å². The molecule has 4 nitrogen and oxygen atoms in total. The van der Waals surface area contributed by atoms with E-state index >= 15 is 0 Å². The number of carbonyl (C=O) groups is 1. The Morgan fingerprint density at radius 1 is 1.33 bits per heavy atom. The van der Waals surface area contributed by atoms with Gasteiger partial charge in [0.05, 0.1) is 6.61 Å². The Hall–Kier alpha value is -0.610. The summed E-state index contributed by atoms with van der Waals surface area (Å²) >= 11 is 0. The summed E-state index contributed by atoms with van der Waals surface area (Å²) in [7, 11) is 0. The van der Waals surface area contributed by atoms with Crippen molar-refractivity contribution in [3.63, 3.8) is 0 Å². The van der Waals surface area contributed by atoms with Crippen LogP contribution < -0.4 is 5.32 Å². The number of carbonyl (C=O) groups excluding carboxylic acids is 1. The summed E-state index contributed by atoms with van der Waals surface area (Å²) in [6.07, 6.45) is 5.34. The Labute approximate surface area is 109 Å². The maximum absolute atomic E-state index is 12.3. The highest BCUT2D eigenvalue weighted by molar-refractivity contribution is 5.82. The van der Waals surface area contributed by atoms with Gasteiger partial charge in [-0.3, -0.25) is 4.79 Å². The number of amides is 1. The summed E-state index contributed by atoms with van der Waals surface area (Å²) in [6, 6.07) is 0. The van der Waals surface area contributed by atoms with Gasteiger partial charge in [0.25, 0.3) is 0 Å². The Bertz CT molecular complexity index is 308. The van der Waals surface area contributed by atoms with Crippen LogP contribution in [0.25, 0.3) is 0 Å².